The summed E-state index contributed by atoms with van der Waals surface area (Å²) in [4.78, 5) is 13.8. The van der Waals surface area contributed by atoms with Gasteiger partial charge in [0, 0.05) is 23.6 Å². The van der Waals surface area contributed by atoms with Crippen LogP contribution in [0.5, 0.6) is 0 Å². The summed E-state index contributed by atoms with van der Waals surface area (Å²) >= 11 is 0. The topological polar surface area (TPSA) is 55.1 Å². The highest BCUT2D eigenvalue weighted by atomic mass is 19.4. The van der Waals surface area contributed by atoms with Crippen molar-refractivity contribution in [3.63, 3.8) is 0 Å². The zero-order valence-electron chi connectivity index (χ0n) is 28.8. The number of hydrogen-bond donors (Lipinski definition) is 2. The van der Waals surface area contributed by atoms with E-state index in [-0.39, 0.29) is 17.8 Å². The maximum absolute atomic E-state index is 14.7. The van der Waals surface area contributed by atoms with Crippen LogP contribution in [0, 0.1) is 29.6 Å². The third-order valence-corrected chi connectivity index (χ3v) is 11.8. The van der Waals surface area contributed by atoms with E-state index in [2.05, 4.69) is 31.8 Å². The summed E-state index contributed by atoms with van der Waals surface area (Å²) in [5.74, 6) is -1.24. The Balaban J connectivity index is 1.28. The summed E-state index contributed by atoms with van der Waals surface area (Å²) in [7, 11) is 0. The molecule has 0 saturated heterocycles. The van der Waals surface area contributed by atoms with E-state index in [1.807, 2.05) is 0 Å². The monoisotopic (exact) mass is 674 g/mol. The molecular weight excluding hydrogens is 619 g/mol. The first-order valence-electron chi connectivity index (χ1n) is 18.5. The average molecular weight is 675 g/mol. The van der Waals surface area contributed by atoms with E-state index in [9.17, 15) is 26.7 Å². The van der Waals surface area contributed by atoms with Gasteiger partial charge in [-0.25, -0.2) is 0 Å². The maximum atomic E-state index is 14.7. The number of carbonyl (C=O) groups excluding carboxylic acids is 1. The van der Waals surface area contributed by atoms with Gasteiger partial charge in [-0.2, -0.15) is 22.0 Å². The van der Waals surface area contributed by atoms with Gasteiger partial charge in [0.2, 0.25) is 0 Å². The minimum absolute atomic E-state index is 0.0398. The van der Waals surface area contributed by atoms with E-state index < -0.39 is 34.8 Å². The number of alkyl halides is 5. The lowest BCUT2D eigenvalue weighted by atomic mass is 9.82. The molecule has 48 heavy (non-hydrogen) atoms. The van der Waals surface area contributed by atoms with Crippen molar-refractivity contribution >= 4 is 11.5 Å². The molecule has 4 aliphatic rings. The van der Waals surface area contributed by atoms with Gasteiger partial charge in [0.05, 0.1) is 11.3 Å². The van der Waals surface area contributed by atoms with Gasteiger partial charge in [-0.1, -0.05) is 50.5 Å². The number of ketones is 1. The molecule has 3 fully saturated rings. The molecule has 1 aromatic carbocycles. The Labute approximate surface area is 284 Å². The van der Waals surface area contributed by atoms with E-state index in [1.165, 1.54) is 37.7 Å². The first-order valence-corrected chi connectivity index (χ1v) is 18.5. The van der Waals surface area contributed by atoms with Crippen molar-refractivity contribution in [2.24, 2.45) is 29.6 Å². The fourth-order valence-electron chi connectivity index (χ4n) is 8.61. The van der Waals surface area contributed by atoms with Crippen molar-refractivity contribution in [3.8, 4) is 0 Å². The Hall–Kier alpha value is -2.48. The Morgan fingerprint density at radius 1 is 1.04 bits per heavy atom. The van der Waals surface area contributed by atoms with Crippen LogP contribution >= 0.6 is 0 Å². The van der Waals surface area contributed by atoms with Gasteiger partial charge in [-0.05, 0) is 143 Å². The van der Waals surface area contributed by atoms with Crippen LogP contribution in [0.25, 0.3) is 0 Å². The highest BCUT2D eigenvalue weighted by Crippen LogP contribution is 2.52. The van der Waals surface area contributed by atoms with E-state index in [1.54, 1.807) is 6.08 Å². The molecule has 3 nitrogen and oxygen atoms in total. The number of rotatable bonds is 14. The van der Waals surface area contributed by atoms with Crippen molar-refractivity contribution in [3.05, 3.63) is 64.8 Å². The van der Waals surface area contributed by atoms with Gasteiger partial charge in [0.1, 0.15) is 0 Å². The van der Waals surface area contributed by atoms with Crippen LogP contribution in [-0.4, -0.2) is 17.9 Å². The van der Waals surface area contributed by atoms with Crippen molar-refractivity contribution in [2.45, 2.75) is 141 Å². The van der Waals surface area contributed by atoms with Gasteiger partial charge < -0.3 is 11.1 Å². The number of halogens is 5. The SMILES string of the molecule is C=CC(F)(F)c1cc(C[C@@H](CCCCC2=CCC(C)CC2)C(=O)C=C2CCC(NC3CC(CC)CC4CC43)CC2)cc(C(F)(F)F)c1N. The largest absolute Gasteiger partial charge is 0.418 e. The Morgan fingerprint density at radius 2 is 1.77 bits per heavy atom. The molecule has 4 aliphatic carbocycles. The molecule has 5 rings (SSSR count). The van der Waals surface area contributed by atoms with Crippen LogP contribution < -0.4 is 11.1 Å². The second kappa shape index (κ2) is 15.6. The number of anilines is 1. The predicted octanol–water partition coefficient (Wildman–Crippen LogP) is 10.9. The number of nitrogens with one attached hydrogen (secondary N) is 1. The molecule has 1 aromatic rings. The first-order chi connectivity index (χ1) is 22.8. The number of fused-ring (bicyclic) bond motifs is 1. The minimum atomic E-state index is -4.92. The summed E-state index contributed by atoms with van der Waals surface area (Å²) in [5, 5.41) is 3.96. The Morgan fingerprint density at radius 3 is 2.42 bits per heavy atom. The summed E-state index contributed by atoms with van der Waals surface area (Å²) in [6.45, 7) is 7.65. The van der Waals surface area contributed by atoms with Gasteiger partial charge >= 0.3 is 6.18 Å². The van der Waals surface area contributed by atoms with Crippen molar-refractivity contribution < 1.29 is 26.7 Å². The summed E-state index contributed by atoms with van der Waals surface area (Å²) < 4.78 is 71.3. The van der Waals surface area contributed by atoms with Gasteiger partial charge in [0.15, 0.2) is 5.78 Å². The molecule has 0 spiro atoms. The fourth-order valence-corrected chi connectivity index (χ4v) is 8.61. The van der Waals surface area contributed by atoms with Crippen LogP contribution in [0.2, 0.25) is 0 Å². The van der Waals surface area contributed by atoms with Crippen LogP contribution in [-0.2, 0) is 23.3 Å². The second-order valence-electron chi connectivity index (χ2n) is 15.5. The first kappa shape index (κ1) is 36.8. The fraction of sp³-hybridized carbons (Fsp3) is 0.675. The Bertz CT molecular complexity index is 1350. The molecule has 8 heteroatoms. The molecular formula is C40H55F5N2O. The van der Waals surface area contributed by atoms with E-state index in [4.69, 9.17) is 5.73 Å². The van der Waals surface area contributed by atoms with Crippen molar-refractivity contribution in [1.29, 1.82) is 0 Å². The normalized spacial score (nSPS) is 28.3. The minimum Gasteiger partial charge on any atom is -0.398 e. The number of benzene rings is 1. The van der Waals surface area contributed by atoms with E-state index in [0.717, 1.165) is 93.2 Å². The number of carbonyl (C=O) groups is 1. The van der Waals surface area contributed by atoms with Crippen LogP contribution in [0.15, 0.2) is 48.1 Å². The quantitative estimate of drug-likeness (QED) is 0.0679. The molecule has 3 N–H and O–H groups in total. The molecule has 0 heterocycles. The summed E-state index contributed by atoms with van der Waals surface area (Å²) in [6.07, 6.45) is 14.6. The highest BCUT2D eigenvalue weighted by Gasteiger charge is 2.48. The number of nitrogen functional groups attached to an aromatic ring is 1. The number of nitrogens with two attached hydrogens (primary N) is 1. The molecule has 266 valence electrons. The predicted molar refractivity (Wildman–Crippen MR) is 184 cm³/mol. The van der Waals surface area contributed by atoms with Gasteiger partial charge in [-0.3, -0.25) is 4.79 Å². The van der Waals surface area contributed by atoms with Crippen molar-refractivity contribution in [1.82, 2.24) is 5.32 Å². The van der Waals surface area contributed by atoms with E-state index in [0.29, 0.717) is 30.5 Å². The molecule has 5 unspecified atom stereocenters. The summed E-state index contributed by atoms with van der Waals surface area (Å²) in [6, 6.07) is 2.91. The van der Waals surface area contributed by atoms with Crippen LogP contribution in [0.4, 0.5) is 27.6 Å². The van der Waals surface area contributed by atoms with Gasteiger partial charge in [-0.15, -0.1) is 0 Å². The zero-order valence-corrected chi connectivity index (χ0v) is 28.8. The maximum Gasteiger partial charge on any atom is 0.418 e. The molecule has 6 atom stereocenters. The molecule has 0 aliphatic heterocycles. The van der Waals surface area contributed by atoms with Gasteiger partial charge in [0.25, 0.3) is 5.92 Å². The van der Waals surface area contributed by atoms with Crippen molar-refractivity contribution in [2.75, 3.05) is 5.73 Å². The highest BCUT2D eigenvalue weighted by molar-refractivity contribution is 5.92. The lowest BCUT2D eigenvalue weighted by Gasteiger charge is -2.34. The lowest BCUT2D eigenvalue weighted by molar-refractivity contribution is -0.137. The third kappa shape index (κ3) is 9.39. The standard InChI is InChI=1S/C40H55F5N2O/c1-4-26-18-31-24-33(31)36(22-26)47-32-16-14-28(15-17-32)23-37(48)30(9-7-6-8-27-12-10-25(3)11-13-27)19-29-20-34(39(41,42)5-2)38(46)35(21-29)40(43,44)45/h5,12,20-21,23,25-26,30-33,36,47H,2,4,6-11,13-19,22,24,46H2,1,3H3/t25?,26?,30-,31?,32?,33?,36?/m1/s1. The number of hydrogen-bond acceptors (Lipinski definition) is 3. The number of allylic oxidation sites excluding steroid dienone is 5. The number of unbranched alkanes of at least 4 members (excludes halogenated alkanes) is 1. The molecule has 3 saturated carbocycles. The third-order valence-electron chi connectivity index (χ3n) is 11.8. The Kier molecular flexibility index (Phi) is 12.0. The smallest absolute Gasteiger partial charge is 0.398 e. The van der Waals surface area contributed by atoms with Crippen LogP contribution in [0.1, 0.15) is 127 Å². The zero-order chi connectivity index (χ0) is 34.6. The molecule has 0 aromatic heterocycles. The lowest BCUT2D eigenvalue weighted by Crippen LogP contribution is -2.43. The molecule has 0 bridgehead atoms. The average Bonchev–Trinajstić information content (AvgIpc) is 3.84. The second-order valence-corrected chi connectivity index (χ2v) is 15.5. The van der Waals surface area contributed by atoms with Crippen LogP contribution in [0.3, 0.4) is 0 Å². The van der Waals surface area contributed by atoms with E-state index >= 15 is 0 Å². The summed E-state index contributed by atoms with van der Waals surface area (Å²) in [5.41, 5.74) is 4.98. The molecule has 0 amide bonds. The molecule has 0 radical (unpaired) electrons.